The van der Waals surface area contributed by atoms with Gasteiger partial charge in [0.05, 0.1) is 12.7 Å². The number of H-pyrrole nitrogens is 2. The van der Waals surface area contributed by atoms with E-state index in [0.717, 1.165) is 0 Å². The molecule has 24 heavy (non-hydrogen) atoms. The van der Waals surface area contributed by atoms with Gasteiger partial charge in [0.25, 0.3) is 5.91 Å². The molecular formula is C14H11N9O. The van der Waals surface area contributed by atoms with Gasteiger partial charge in [0.1, 0.15) is 22.6 Å². The Kier molecular flexibility index (Phi) is 3.39. The van der Waals surface area contributed by atoms with Crippen molar-refractivity contribution in [2.45, 2.75) is 6.54 Å². The van der Waals surface area contributed by atoms with Crippen LogP contribution < -0.4 is 5.32 Å². The third kappa shape index (κ3) is 2.67. The van der Waals surface area contributed by atoms with E-state index in [1.54, 1.807) is 36.8 Å². The molecule has 10 nitrogen and oxygen atoms in total. The highest BCUT2D eigenvalue weighted by Crippen LogP contribution is 2.11. The smallest absolute Gasteiger partial charge is 0.251 e. The number of fused-ring (bicyclic) bond motifs is 1. The van der Waals surface area contributed by atoms with Gasteiger partial charge in [-0.15, -0.1) is 0 Å². The highest BCUT2D eigenvalue weighted by Gasteiger charge is 2.11. The van der Waals surface area contributed by atoms with Gasteiger partial charge in [-0.05, 0) is 18.2 Å². The van der Waals surface area contributed by atoms with E-state index in [1.165, 1.54) is 0 Å². The molecule has 0 fully saturated rings. The Morgan fingerprint density at radius 3 is 2.92 bits per heavy atom. The van der Waals surface area contributed by atoms with E-state index in [9.17, 15) is 4.79 Å². The number of amides is 1. The molecule has 4 rings (SSSR count). The maximum absolute atomic E-state index is 12.2. The summed E-state index contributed by atoms with van der Waals surface area (Å²) < 4.78 is 0. The molecule has 1 amide bonds. The Hall–Kier alpha value is -3.69. The largest absolute Gasteiger partial charge is 0.345 e. The SMILES string of the molecule is O=C(NCc1nc(-c2cnccn2)n[nH]1)c1ccc2n[nH]nc2c1. The van der Waals surface area contributed by atoms with E-state index in [1.807, 2.05) is 0 Å². The maximum atomic E-state index is 12.2. The van der Waals surface area contributed by atoms with Gasteiger partial charge in [-0.3, -0.25) is 14.9 Å². The van der Waals surface area contributed by atoms with Crippen molar-refractivity contribution in [1.29, 1.82) is 0 Å². The van der Waals surface area contributed by atoms with Crippen molar-refractivity contribution < 1.29 is 4.79 Å². The third-order valence-electron chi connectivity index (χ3n) is 3.32. The van der Waals surface area contributed by atoms with Crippen molar-refractivity contribution in [3.63, 3.8) is 0 Å². The minimum Gasteiger partial charge on any atom is -0.345 e. The Labute approximate surface area is 134 Å². The lowest BCUT2D eigenvalue weighted by atomic mass is 10.2. The molecule has 0 bridgehead atoms. The average molecular weight is 321 g/mol. The summed E-state index contributed by atoms with van der Waals surface area (Å²) in [5.41, 5.74) is 2.38. The molecule has 0 atom stereocenters. The van der Waals surface area contributed by atoms with Gasteiger partial charge >= 0.3 is 0 Å². The third-order valence-corrected chi connectivity index (χ3v) is 3.32. The first kappa shape index (κ1) is 13.9. The zero-order valence-electron chi connectivity index (χ0n) is 12.3. The fourth-order valence-corrected chi connectivity index (χ4v) is 2.15. The maximum Gasteiger partial charge on any atom is 0.251 e. The fourth-order valence-electron chi connectivity index (χ4n) is 2.15. The van der Waals surface area contributed by atoms with E-state index in [4.69, 9.17) is 0 Å². The lowest BCUT2D eigenvalue weighted by Crippen LogP contribution is -2.23. The van der Waals surface area contributed by atoms with E-state index in [2.05, 4.69) is 45.9 Å². The zero-order chi connectivity index (χ0) is 16.4. The van der Waals surface area contributed by atoms with E-state index < -0.39 is 0 Å². The van der Waals surface area contributed by atoms with Gasteiger partial charge in [0.2, 0.25) is 5.82 Å². The first-order valence-electron chi connectivity index (χ1n) is 7.06. The summed E-state index contributed by atoms with van der Waals surface area (Å²) in [5.74, 6) is 0.709. The molecule has 118 valence electrons. The van der Waals surface area contributed by atoms with Crippen LogP contribution in [0.15, 0.2) is 36.8 Å². The number of carbonyl (C=O) groups is 1. The van der Waals surface area contributed by atoms with Gasteiger partial charge in [0.15, 0.2) is 0 Å². The van der Waals surface area contributed by atoms with Crippen LogP contribution in [0.5, 0.6) is 0 Å². The molecule has 1 aromatic carbocycles. The van der Waals surface area contributed by atoms with Gasteiger partial charge < -0.3 is 5.32 Å². The molecule has 0 aliphatic heterocycles. The van der Waals surface area contributed by atoms with Crippen molar-refractivity contribution in [2.75, 3.05) is 0 Å². The summed E-state index contributed by atoms with van der Waals surface area (Å²) in [6.45, 7) is 0.211. The van der Waals surface area contributed by atoms with Crippen LogP contribution in [0.1, 0.15) is 16.2 Å². The summed E-state index contributed by atoms with van der Waals surface area (Å²) in [5, 5.41) is 20.0. The molecule has 0 spiro atoms. The van der Waals surface area contributed by atoms with E-state index >= 15 is 0 Å². The van der Waals surface area contributed by atoms with Gasteiger partial charge in [0, 0.05) is 18.0 Å². The number of rotatable bonds is 4. The van der Waals surface area contributed by atoms with Crippen molar-refractivity contribution in [1.82, 2.24) is 45.9 Å². The van der Waals surface area contributed by atoms with Gasteiger partial charge in [-0.2, -0.15) is 20.5 Å². The van der Waals surface area contributed by atoms with Gasteiger partial charge in [-0.25, -0.2) is 9.97 Å². The highest BCUT2D eigenvalue weighted by atomic mass is 16.1. The number of benzene rings is 1. The monoisotopic (exact) mass is 321 g/mol. The Morgan fingerprint density at radius 1 is 1.12 bits per heavy atom. The van der Waals surface area contributed by atoms with Crippen LogP contribution in [-0.4, -0.2) is 46.5 Å². The second-order valence-electron chi connectivity index (χ2n) is 4.91. The Balaban J connectivity index is 1.45. The molecule has 0 unspecified atom stereocenters. The molecular weight excluding hydrogens is 310 g/mol. The number of aromatic amines is 2. The minimum atomic E-state index is -0.239. The number of hydrogen-bond donors (Lipinski definition) is 3. The Morgan fingerprint density at radius 2 is 2.04 bits per heavy atom. The molecule has 3 N–H and O–H groups in total. The number of nitrogens with zero attached hydrogens (tertiary/aromatic N) is 6. The van der Waals surface area contributed by atoms with Crippen LogP contribution in [0.25, 0.3) is 22.6 Å². The summed E-state index contributed by atoms with van der Waals surface area (Å²) >= 11 is 0. The predicted octanol–water partition coefficient (Wildman–Crippen LogP) is 0.463. The molecule has 0 aliphatic rings. The molecule has 0 saturated carbocycles. The molecule has 0 aliphatic carbocycles. The molecule has 0 saturated heterocycles. The molecule has 3 heterocycles. The number of carbonyl (C=O) groups excluding carboxylic acids is 1. The molecule has 0 radical (unpaired) electrons. The number of nitrogens with one attached hydrogen (secondary N) is 3. The normalized spacial score (nSPS) is 10.8. The van der Waals surface area contributed by atoms with Crippen LogP contribution in [0.4, 0.5) is 0 Å². The van der Waals surface area contributed by atoms with Crippen LogP contribution in [0.2, 0.25) is 0 Å². The number of aromatic nitrogens is 8. The zero-order valence-corrected chi connectivity index (χ0v) is 12.3. The summed E-state index contributed by atoms with van der Waals surface area (Å²) in [6, 6.07) is 5.08. The summed E-state index contributed by atoms with van der Waals surface area (Å²) in [7, 11) is 0. The summed E-state index contributed by atoms with van der Waals surface area (Å²) in [6.07, 6.45) is 4.70. The van der Waals surface area contributed by atoms with Crippen molar-refractivity contribution in [3.8, 4) is 11.5 Å². The number of hydrogen-bond acceptors (Lipinski definition) is 7. The lowest BCUT2D eigenvalue weighted by Gasteiger charge is -2.02. The van der Waals surface area contributed by atoms with Crippen LogP contribution in [-0.2, 0) is 6.54 Å². The van der Waals surface area contributed by atoms with Crippen molar-refractivity contribution >= 4 is 16.9 Å². The highest BCUT2D eigenvalue weighted by molar-refractivity contribution is 5.97. The van der Waals surface area contributed by atoms with Crippen molar-refractivity contribution in [2.24, 2.45) is 0 Å². The second kappa shape index (κ2) is 5.83. The fraction of sp³-hybridized carbons (Fsp3) is 0.0714. The van der Waals surface area contributed by atoms with E-state index in [0.29, 0.717) is 33.9 Å². The quantitative estimate of drug-likeness (QED) is 0.496. The van der Waals surface area contributed by atoms with E-state index in [-0.39, 0.29) is 12.5 Å². The minimum absolute atomic E-state index is 0.211. The average Bonchev–Trinajstić information content (AvgIpc) is 3.29. The standard InChI is InChI=1S/C14H11N9O/c24-14(8-1-2-9-10(5-8)20-23-19-9)17-7-12-18-13(22-21-12)11-6-15-3-4-16-11/h1-6H,7H2,(H,17,24)(H,18,21,22)(H,19,20,23). The van der Waals surface area contributed by atoms with Gasteiger partial charge in [-0.1, -0.05) is 0 Å². The van der Waals surface area contributed by atoms with Crippen LogP contribution in [0, 0.1) is 0 Å². The topological polar surface area (TPSA) is 138 Å². The second-order valence-corrected chi connectivity index (χ2v) is 4.91. The van der Waals surface area contributed by atoms with Crippen LogP contribution >= 0.6 is 0 Å². The molecule has 10 heteroatoms. The predicted molar refractivity (Wildman–Crippen MR) is 82.5 cm³/mol. The summed E-state index contributed by atoms with van der Waals surface area (Å²) in [4.78, 5) is 24.6. The Bertz CT molecular complexity index is 992. The molecule has 3 aromatic heterocycles. The first-order valence-corrected chi connectivity index (χ1v) is 7.06. The van der Waals surface area contributed by atoms with Crippen molar-refractivity contribution in [3.05, 3.63) is 48.2 Å². The van der Waals surface area contributed by atoms with Crippen LogP contribution in [0.3, 0.4) is 0 Å². The first-order chi connectivity index (χ1) is 11.8. The lowest BCUT2D eigenvalue weighted by molar-refractivity contribution is 0.0950. The molecule has 4 aromatic rings.